The van der Waals surface area contributed by atoms with Gasteiger partial charge in [0.2, 0.25) is 0 Å². The second-order valence-corrected chi connectivity index (χ2v) is 4.96. The Labute approximate surface area is 109 Å². The van der Waals surface area contributed by atoms with E-state index in [0.29, 0.717) is 12.7 Å². The molecule has 1 saturated heterocycles. The van der Waals surface area contributed by atoms with Crippen LogP contribution in [-0.2, 0) is 17.9 Å². The quantitative estimate of drug-likeness (QED) is 0.840. The van der Waals surface area contributed by atoms with Gasteiger partial charge in [0.05, 0.1) is 12.6 Å². The van der Waals surface area contributed by atoms with Crippen LogP contribution in [0.1, 0.15) is 31.3 Å². The van der Waals surface area contributed by atoms with Crippen LogP contribution in [0, 0.1) is 0 Å². The molecule has 0 aliphatic carbocycles. The lowest BCUT2D eigenvalue weighted by atomic mass is 10.1. The Hall–Kier alpha value is -0.840. The summed E-state index contributed by atoms with van der Waals surface area (Å²) in [5.41, 5.74) is 0. The van der Waals surface area contributed by atoms with Gasteiger partial charge in [-0.25, -0.2) is 0 Å². The fourth-order valence-electron chi connectivity index (χ4n) is 2.19. The van der Waals surface area contributed by atoms with Crippen molar-refractivity contribution in [1.82, 2.24) is 10.2 Å². The van der Waals surface area contributed by atoms with Gasteiger partial charge in [-0.05, 0) is 38.6 Å². The lowest BCUT2D eigenvalue weighted by Gasteiger charge is -2.28. The molecule has 2 heterocycles. The number of rotatable bonds is 6. The summed E-state index contributed by atoms with van der Waals surface area (Å²) in [4.78, 5) is 2.35. The third-order valence-corrected chi connectivity index (χ3v) is 3.39. The van der Waals surface area contributed by atoms with Crippen LogP contribution in [0.5, 0.6) is 0 Å². The van der Waals surface area contributed by atoms with E-state index >= 15 is 0 Å². The Kier molecular flexibility index (Phi) is 5.23. The highest BCUT2D eigenvalue weighted by atomic mass is 16.5. The Morgan fingerprint density at radius 1 is 1.33 bits per heavy atom. The predicted molar refractivity (Wildman–Crippen MR) is 71.4 cm³/mol. The van der Waals surface area contributed by atoms with Crippen molar-refractivity contribution in [3.8, 4) is 0 Å². The normalized spacial score (nSPS) is 18.3. The maximum absolute atomic E-state index is 5.89. The molecule has 0 spiro atoms. The van der Waals surface area contributed by atoms with E-state index in [9.17, 15) is 0 Å². The SMILES string of the molecule is CCNCc1ccc(COC2CCN(C)CC2)o1. The van der Waals surface area contributed by atoms with E-state index in [1.807, 2.05) is 12.1 Å². The third kappa shape index (κ3) is 4.12. The maximum Gasteiger partial charge on any atom is 0.129 e. The van der Waals surface area contributed by atoms with Crippen molar-refractivity contribution >= 4 is 0 Å². The molecule has 0 aromatic carbocycles. The number of nitrogens with zero attached hydrogens (tertiary/aromatic N) is 1. The number of likely N-dealkylation sites (tertiary alicyclic amines) is 1. The van der Waals surface area contributed by atoms with Crippen molar-refractivity contribution in [3.63, 3.8) is 0 Å². The highest BCUT2D eigenvalue weighted by Gasteiger charge is 2.17. The first-order valence-corrected chi connectivity index (χ1v) is 6.86. The number of furan rings is 1. The molecule has 0 radical (unpaired) electrons. The van der Waals surface area contributed by atoms with Crippen LogP contribution < -0.4 is 5.32 Å². The summed E-state index contributed by atoms with van der Waals surface area (Å²) in [5, 5.41) is 3.25. The Balaban J connectivity index is 1.71. The van der Waals surface area contributed by atoms with Gasteiger partial charge in [-0.15, -0.1) is 0 Å². The summed E-state index contributed by atoms with van der Waals surface area (Å²) in [6.45, 7) is 6.71. The van der Waals surface area contributed by atoms with Gasteiger partial charge in [-0.2, -0.15) is 0 Å². The van der Waals surface area contributed by atoms with Gasteiger partial charge in [-0.1, -0.05) is 6.92 Å². The summed E-state index contributed by atoms with van der Waals surface area (Å²) in [6, 6.07) is 4.04. The highest BCUT2D eigenvalue weighted by Crippen LogP contribution is 2.15. The largest absolute Gasteiger partial charge is 0.462 e. The van der Waals surface area contributed by atoms with Gasteiger partial charge in [-0.3, -0.25) is 0 Å². The minimum Gasteiger partial charge on any atom is -0.462 e. The zero-order valence-corrected chi connectivity index (χ0v) is 11.4. The number of hydrogen-bond acceptors (Lipinski definition) is 4. The van der Waals surface area contributed by atoms with Crippen molar-refractivity contribution in [2.75, 3.05) is 26.7 Å². The van der Waals surface area contributed by atoms with Crippen LogP contribution in [-0.4, -0.2) is 37.7 Å². The predicted octanol–water partition coefficient (Wildman–Crippen LogP) is 2.00. The summed E-state index contributed by atoms with van der Waals surface area (Å²) >= 11 is 0. The van der Waals surface area contributed by atoms with Crippen LogP contribution in [0.15, 0.2) is 16.5 Å². The second kappa shape index (κ2) is 6.92. The average Bonchev–Trinajstić information content (AvgIpc) is 2.84. The number of hydrogen-bond donors (Lipinski definition) is 1. The second-order valence-electron chi connectivity index (χ2n) is 4.96. The minimum atomic E-state index is 0.392. The van der Waals surface area contributed by atoms with E-state index < -0.39 is 0 Å². The molecule has 4 nitrogen and oxygen atoms in total. The third-order valence-electron chi connectivity index (χ3n) is 3.39. The lowest BCUT2D eigenvalue weighted by Crippen LogP contribution is -2.34. The van der Waals surface area contributed by atoms with Crippen LogP contribution in [0.2, 0.25) is 0 Å². The highest BCUT2D eigenvalue weighted by molar-refractivity contribution is 5.06. The molecule has 1 aliphatic rings. The van der Waals surface area contributed by atoms with Crippen LogP contribution in [0.25, 0.3) is 0 Å². The van der Waals surface area contributed by atoms with Gasteiger partial charge < -0.3 is 19.4 Å². The van der Waals surface area contributed by atoms with Crippen LogP contribution in [0.3, 0.4) is 0 Å². The lowest BCUT2D eigenvalue weighted by molar-refractivity contribution is -0.00512. The first kappa shape index (κ1) is 13.6. The molecule has 0 unspecified atom stereocenters. The standard InChI is InChI=1S/C14H24N2O2/c1-3-15-10-13-4-5-14(18-13)11-17-12-6-8-16(2)9-7-12/h4-5,12,15H,3,6-11H2,1-2H3. The van der Waals surface area contributed by atoms with E-state index in [1.165, 1.54) is 0 Å². The topological polar surface area (TPSA) is 37.6 Å². The molecule has 2 rings (SSSR count). The fraction of sp³-hybridized carbons (Fsp3) is 0.714. The van der Waals surface area contributed by atoms with E-state index in [1.54, 1.807) is 0 Å². The minimum absolute atomic E-state index is 0.392. The summed E-state index contributed by atoms with van der Waals surface area (Å²) in [5.74, 6) is 1.92. The van der Waals surface area contributed by atoms with Crippen LogP contribution in [0.4, 0.5) is 0 Å². The molecule has 1 aromatic rings. The number of piperidine rings is 1. The average molecular weight is 252 g/mol. The molecule has 1 aliphatic heterocycles. The van der Waals surface area contributed by atoms with Crippen LogP contribution >= 0.6 is 0 Å². The molecule has 1 N–H and O–H groups in total. The van der Waals surface area contributed by atoms with E-state index in [-0.39, 0.29) is 0 Å². The number of ether oxygens (including phenoxy) is 1. The maximum atomic E-state index is 5.89. The van der Waals surface area contributed by atoms with Crippen molar-refractivity contribution in [2.45, 2.75) is 39.0 Å². The van der Waals surface area contributed by atoms with Crippen molar-refractivity contribution < 1.29 is 9.15 Å². The summed E-state index contributed by atoms with van der Waals surface area (Å²) in [6.07, 6.45) is 2.65. The van der Waals surface area contributed by atoms with Crippen molar-refractivity contribution in [1.29, 1.82) is 0 Å². The summed E-state index contributed by atoms with van der Waals surface area (Å²) in [7, 11) is 2.16. The van der Waals surface area contributed by atoms with E-state index in [4.69, 9.17) is 9.15 Å². The monoisotopic (exact) mass is 252 g/mol. The molecular weight excluding hydrogens is 228 g/mol. The molecule has 0 saturated carbocycles. The Morgan fingerprint density at radius 3 is 2.78 bits per heavy atom. The molecule has 0 atom stereocenters. The molecule has 0 bridgehead atoms. The molecule has 102 valence electrons. The number of nitrogens with one attached hydrogen (secondary N) is 1. The fourth-order valence-corrected chi connectivity index (χ4v) is 2.19. The van der Waals surface area contributed by atoms with Gasteiger partial charge in [0, 0.05) is 13.1 Å². The zero-order valence-electron chi connectivity index (χ0n) is 11.4. The van der Waals surface area contributed by atoms with E-state index in [0.717, 1.165) is 50.5 Å². The van der Waals surface area contributed by atoms with Gasteiger partial charge >= 0.3 is 0 Å². The molecule has 1 aromatic heterocycles. The molecule has 4 heteroatoms. The van der Waals surface area contributed by atoms with E-state index in [2.05, 4.69) is 24.2 Å². The molecular formula is C14H24N2O2. The molecule has 1 fully saturated rings. The molecule has 18 heavy (non-hydrogen) atoms. The van der Waals surface area contributed by atoms with Gasteiger partial charge in [0.1, 0.15) is 18.1 Å². The molecule has 0 amide bonds. The smallest absolute Gasteiger partial charge is 0.129 e. The zero-order chi connectivity index (χ0) is 12.8. The van der Waals surface area contributed by atoms with Gasteiger partial charge in [0.15, 0.2) is 0 Å². The first-order valence-electron chi connectivity index (χ1n) is 6.86. The van der Waals surface area contributed by atoms with Gasteiger partial charge in [0.25, 0.3) is 0 Å². The Morgan fingerprint density at radius 2 is 2.06 bits per heavy atom. The van der Waals surface area contributed by atoms with Crippen molar-refractivity contribution in [2.24, 2.45) is 0 Å². The first-order chi connectivity index (χ1) is 8.78. The Bertz CT molecular complexity index is 343. The summed E-state index contributed by atoms with van der Waals surface area (Å²) < 4.78 is 11.6. The van der Waals surface area contributed by atoms with Crippen molar-refractivity contribution in [3.05, 3.63) is 23.7 Å².